The lowest BCUT2D eigenvalue weighted by molar-refractivity contribution is -0.115. The molecular formula is C21H32N2OP+. The van der Waals surface area contributed by atoms with Crippen molar-refractivity contribution >= 4 is 24.5 Å². The van der Waals surface area contributed by atoms with Crippen molar-refractivity contribution in [3.8, 4) is 0 Å². The summed E-state index contributed by atoms with van der Waals surface area (Å²) in [6.07, 6.45) is 9.94. The predicted molar refractivity (Wildman–Crippen MR) is 111 cm³/mol. The monoisotopic (exact) mass is 359 g/mol. The van der Waals surface area contributed by atoms with E-state index in [0.717, 1.165) is 23.2 Å². The summed E-state index contributed by atoms with van der Waals surface area (Å²) in [7, 11) is -1.22. The van der Waals surface area contributed by atoms with Crippen molar-refractivity contribution < 1.29 is 4.79 Å². The van der Waals surface area contributed by atoms with Crippen LogP contribution in [0.15, 0.2) is 12.1 Å². The van der Waals surface area contributed by atoms with Crippen molar-refractivity contribution in [2.75, 3.05) is 23.8 Å². The molecular weight excluding hydrogens is 327 g/mol. The van der Waals surface area contributed by atoms with Gasteiger partial charge in [0.15, 0.2) is 5.69 Å². The lowest BCUT2D eigenvalue weighted by atomic mass is 10.1. The molecule has 4 heteroatoms. The molecule has 0 spiro atoms. The van der Waals surface area contributed by atoms with Crippen molar-refractivity contribution in [3.63, 3.8) is 0 Å². The van der Waals surface area contributed by atoms with Crippen molar-refractivity contribution in [2.24, 2.45) is 0 Å². The summed E-state index contributed by atoms with van der Waals surface area (Å²) < 4.78 is 0. The van der Waals surface area contributed by atoms with Crippen molar-refractivity contribution in [1.29, 1.82) is 0 Å². The topological polar surface area (TPSA) is 33.5 Å². The Bertz CT molecular complexity index is 631. The Labute approximate surface area is 153 Å². The van der Waals surface area contributed by atoms with E-state index in [1.807, 2.05) is 26.0 Å². The van der Waals surface area contributed by atoms with E-state index in [2.05, 4.69) is 24.0 Å². The quantitative estimate of drug-likeness (QED) is 0.494. The van der Waals surface area contributed by atoms with Crippen LogP contribution in [0.4, 0.5) is 11.4 Å². The van der Waals surface area contributed by atoms with Crippen LogP contribution in [-0.2, 0) is 4.79 Å². The SMILES string of the molecule is [C-]#[N+]c1cc(C)c(NC(=O)C(CC)[P+]2(CC)CCCCCC2)c(C)c1. The first-order valence-electron chi connectivity index (χ1n) is 9.62. The van der Waals surface area contributed by atoms with Crippen LogP contribution in [0.3, 0.4) is 0 Å². The molecule has 1 heterocycles. The molecule has 1 aromatic carbocycles. The molecule has 1 aliphatic heterocycles. The first kappa shape index (κ1) is 19.9. The molecule has 1 aliphatic rings. The van der Waals surface area contributed by atoms with Gasteiger partial charge < -0.3 is 5.32 Å². The van der Waals surface area contributed by atoms with E-state index in [-0.39, 0.29) is 11.6 Å². The molecule has 1 saturated heterocycles. The average molecular weight is 359 g/mol. The Balaban J connectivity index is 2.27. The van der Waals surface area contributed by atoms with Crippen LogP contribution >= 0.6 is 7.26 Å². The highest BCUT2D eigenvalue weighted by Gasteiger charge is 2.47. The van der Waals surface area contributed by atoms with Gasteiger partial charge in [-0.2, -0.15) is 0 Å². The van der Waals surface area contributed by atoms with Gasteiger partial charge in [-0.25, -0.2) is 4.85 Å². The smallest absolute Gasteiger partial charge is 0.265 e. The third-order valence-corrected chi connectivity index (χ3v) is 11.4. The van der Waals surface area contributed by atoms with Gasteiger partial charge in [0.2, 0.25) is 0 Å². The summed E-state index contributed by atoms with van der Waals surface area (Å²) in [6.45, 7) is 15.6. The first-order valence-corrected chi connectivity index (χ1v) is 12.0. The van der Waals surface area contributed by atoms with Gasteiger partial charge in [0, 0.05) is 12.9 Å². The second kappa shape index (κ2) is 8.81. The van der Waals surface area contributed by atoms with Gasteiger partial charge in [-0.1, -0.05) is 19.1 Å². The third kappa shape index (κ3) is 4.42. The fraction of sp³-hybridized carbons (Fsp3) is 0.619. The van der Waals surface area contributed by atoms with E-state index in [9.17, 15) is 4.79 Å². The van der Waals surface area contributed by atoms with Crippen LogP contribution in [0.5, 0.6) is 0 Å². The second-order valence-corrected chi connectivity index (χ2v) is 12.0. The fourth-order valence-corrected chi connectivity index (χ4v) is 9.36. The molecule has 1 fully saturated rings. The Morgan fingerprint density at radius 1 is 1.16 bits per heavy atom. The number of hydrogen-bond acceptors (Lipinski definition) is 1. The molecule has 1 atom stereocenters. The average Bonchev–Trinajstić information content (AvgIpc) is 2.85. The largest absolute Gasteiger partial charge is 0.322 e. The molecule has 0 aliphatic carbocycles. The molecule has 2 rings (SSSR count). The summed E-state index contributed by atoms with van der Waals surface area (Å²) in [5.41, 5.74) is 3.69. The maximum atomic E-state index is 13.2. The predicted octanol–water partition coefficient (Wildman–Crippen LogP) is 6.18. The Morgan fingerprint density at radius 2 is 1.72 bits per heavy atom. The fourth-order valence-electron chi connectivity index (χ4n) is 4.40. The van der Waals surface area contributed by atoms with Crippen molar-refractivity contribution in [2.45, 2.75) is 65.5 Å². The number of benzene rings is 1. The number of nitrogens with one attached hydrogen (secondary N) is 1. The Hall–Kier alpha value is -1.39. The van der Waals surface area contributed by atoms with E-state index < -0.39 is 7.26 Å². The number of aryl methyl sites for hydroxylation is 2. The van der Waals surface area contributed by atoms with Gasteiger partial charge in [0.1, 0.15) is 5.66 Å². The maximum absolute atomic E-state index is 13.2. The number of hydrogen-bond donors (Lipinski definition) is 1. The molecule has 1 aromatic rings. The minimum Gasteiger partial charge on any atom is -0.322 e. The zero-order chi connectivity index (χ0) is 18.4. The molecule has 0 saturated carbocycles. The first-order chi connectivity index (χ1) is 12.0. The molecule has 0 radical (unpaired) electrons. The highest BCUT2D eigenvalue weighted by molar-refractivity contribution is 7.77. The summed E-state index contributed by atoms with van der Waals surface area (Å²) in [4.78, 5) is 16.7. The van der Waals surface area contributed by atoms with E-state index in [1.54, 1.807) is 0 Å². The van der Waals surface area contributed by atoms with Gasteiger partial charge in [-0.15, -0.1) is 0 Å². The van der Waals surface area contributed by atoms with E-state index in [0.29, 0.717) is 5.69 Å². The molecule has 0 aromatic heterocycles. The standard InChI is InChI=1S/C21H31N2OP/c1-6-19(25(7-2)12-10-8-9-11-13-25)21(24)23-20-16(3)14-18(22-5)15-17(20)4/h14-15,19H,6-13H2,1-4H3/p+1. The molecule has 1 unspecified atom stereocenters. The Kier molecular flexibility index (Phi) is 7.03. The number of anilines is 1. The zero-order valence-corrected chi connectivity index (χ0v) is 17.1. The number of carbonyl (C=O) groups excluding carboxylic acids is 1. The van der Waals surface area contributed by atoms with Crippen LogP contribution in [0.25, 0.3) is 4.85 Å². The highest BCUT2D eigenvalue weighted by atomic mass is 31.2. The summed E-state index contributed by atoms with van der Waals surface area (Å²) >= 11 is 0. The van der Waals surface area contributed by atoms with Gasteiger partial charge in [0.25, 0.3) is 5.91 Å². The van der Waals surface area contributed by atoms with Gasteiger partial charge in [-0.05, 0) is 64.0 Å². The molecule has 1 amide bonds. The van der Waals surface area contributed by atoms with Gasteiger partial charge in [0.05, 0.1) is 25.1 Å². The molecule has 1 N–H and O–H groups in total. The minimum atomic E-state index is -1.22. The summed E-state index contributed by atoms with van der Waals surface area (Å²) in [5.74, 6) is 0.210. The number of carbonyl (C=O) groups is 1. The molecule has 0 bridgehead atoms. The van der Waals surface area contributed by atoms with E-state index >= 15 is 0 Å². The molecule has 25 heavy (non-hydrogen) atoms. The van der Waals surface area contributed by atoms with Crippen molar-refractivity contribution in [3.05, 3.63) is 34.7 Å². The van der Waals surface area contributed by atoms with Crippen molar-refractivity contribution in [1.82, 2.24) is 0 Å². The van der Waals surface area contributed by atoms with Crippen LogP contribution in [0.2, 0.25) is 0 Å². The number of rotatable bonds is 5. The molecule has 136 valence electrons. The summed E-state index contributed by atoms with van der Waals surface area (Å²) in [5, 5.41) is 3.24. The van der Waals surface area contributed by atoms with Crippen LogP contribution in [-0.4, -0.2) is 30.1 Å². The molecule has 3 nitrogen and oxygen atoms in total. The maximum Gasteiger partial charge on any atom is 0.265 e. The minimum absolute atomic E-state index is 0.176. The number of nitrogens with zero attached hydrogens (tertiary/aromatic N) is 1. The van der Waals surface area contributed by atoms with E-state index in [4.69, 9.17) is 6.57 Å². The summed E-state index contributed by atoms with van der Waals surface area (Å²) in [6, 6.07) is 3.74. The van der Waals surface area contributed by atoms with Crippen LogP contribution in [0, 0.1) is 20.4 Å². The van der Waals surface area contributed by atoms with Crippen LogP contribution in [0.1, 0.15) is 57.1 Å². The van der Waals surface area contributed by atoms with Crippen LogP contribution < -0.4 is 5.32 Å². The highest BCUT2D eigenvalue weighted by Crippen LogP contribution is 2.66. The van der Waals surface area contributed by atoms with E-state index in [1.165, 1.54) is 44.2 Å². The lowest BCUT2D eigenvalue weighted by Gasteiger charge is -2.32. The lowest BCUT2D eigenvalue weighted by Crippen LogP contribution is -2.33. The zero-order valence-electron chi connectivity index (χ0n) is 16.2. The third-order valence-electron chi connectivity index (χ3n) is 5.83. The Morgan fingerprint density at radius 3 is 2.16 bits per heavy atom. The number of amides is 1. The van der Waals surface area contributed by atoms with Gasteiger partial charge in [-0.3, -0.25) is 4.79 Å². The van der Waals surface area contributed by atoms with Gasteiger partial charge >= 0.3 is 0 Å². The second-order valence-electron chi connectivity index (χ2n) is 7.38. The normalized spacial score (nSPS) is 18.0.